The van der Waals surface area contributed by atoms with Crippen LogP contribution in [-0.4, -0.2) is 23.7 Å². The molecule has 2 aliphatic rings. The first-order valence-corrected chi connectivity index (χ1v) is 7.61. The van der Waals surface area contributed by atoms with E-state index in [0.29, 0.717) is 5.92 Å². The van der Waals surface area contributed by atoms with Gasteiger partial charge in [0, 0.05) is 6.04 Å². The van der Waals surface area contributed by atoms with Crippen LogP contribution in [-0.2, 0) is 4.79 Å². The third-order valence-corrected chi connectivity index (χ3v) is 4.91. The molecule has 0 saturated heterocycles. The molecule has 104 valence electrons. The predicted octanol–water partition coefficient (Wildman–Crippen LogP) is 3.05. The Morgan fingerprint density at radius 2 is 1.67 bits per heavy atom. The van der Waals surface area contributed by atoms with E-state index < -0.39 is 5.97 Å². The van der Waals surface area contributed by atoms with Gasteiger partial charge in [-0.15, -0.1) is 0 Å². The van der Waals surface area contributed by atoms with Gasteiger partial charge in [-0.3, -0.25) is 4.79 Å². The van der Waals surface area contributed by atoms with Gasteiger partial charge in [-0.25, -0.2) is 0 Å². The second-order valence-electron chi connectivity index (χ2n) is 6.42. The lowest BCUT2D eigenvalue weighted by Crippen LogP contribution is -2.37. The molecule has 0 aliphatic heterocycles. The van der Waals surface area contributed by atoms with Crippen molar-refractivity contribution < 1.29 is 9.90 Å². The van der Waals surface area contributed by atoms with E-state index in [-0.39, 0.29) is 5.92 Å². The molecule has 0 heterocycles. The molecule has 2 N–H and O–H groups in total. The fourth-order valence-electron chi connectivity index (χ4n) is 3.41. The summed E-state index contributed by atoms with van der Waals surface area (Å²) in [4.78, 5) is 10.9. The summed E-state index contributed by atoms with van der Waals surface area (Å²) in [5, 5.41) is 12.7. The van der Waals surface area contributed by atoms with E-state index in [4.69, 9.17) is 5.11 Å². The zero-order chi connectivity index (χ0) is 13.0. The third-order valence-electron chi connectivity index (χ3n) is 4.91. The van der Waals surface area contributed by atoms with Gasteiger partial charge in [0.05, 0.1) is 5.92 Å². The molecule has 0 radical (unpaired) electrons. The van der Waals surface area contributed by atoms with Gasteiger partial charge in [-0.1, -0.05) is 6.92 Å². The molecular weight excluding hydrogens is 226 g/mol. The Balaban J connectivity index is 1.62. The molecule has 3 nitrogen and oxygen atoms in total. The van der Waals surface area contributed by atoms with Crippen LogP contribution in [0.4, 0.5) is 0 Å². The molecule has 0 bridgehead atoms. The molecule has 2 rings (SSSR count). The van der Waals surface area contributed by atoms with Gasteiger partial charge in [0.1, 0.15) is 0 Å². The largest absolute Gasteiger partial charge is 0.481 e. The Morgan fingerprint density at radius 1 is 1.06 bits per heavy atom. The molecule has 0 unspecified atom stereocenters. The van der Waals surface area contributed by atoms with Gasteiger partial charge in [0.2, 0.25) is 0 Å². The summed E-state index contributed by atoms with van der Waals surface area (Å²) in [6.07, 6.45) is 9.32. The van der Waals surface area contributed by atoms with E-state index in [1.807, 2.05) is 0 Å². The van der Waals surface area contributed by atoms with Gasteiger partial charge in [-0.2, -0.15) is 0 Å². The number of hydrogen-bond acceptors (Lipinski definition) is 2. The minimum absolute atomic E-state index is 0.0724. The minimum Gasteiger partial charge on any atom is -0.481 e. The summed E-state index contributed by atoms with van der Waals surface area (Å²) in [5.41, 5.74) is 0. The van der Waals surface area contributed by atoms with Gasteiger partial charge in [0.25, 0.3) is 0 Å². The molecule has 2 saturated carbocycles. The maximum absolute atomic E-state index is 10.9. The van der Waals surface area contributed by atoms with E-state index in [9.17, 15) is 4.79 Å². The molecule has 2 aliphatic carbocycles. The van der Waals surface area contributed by atoms with Gasteiger partial charge < -0.3 is 10.4 Å². The lowest BCUT2D eigenvalue weighted by molar-refractivity contribution is -0.143. The van der Waals surface area contributed by atoms with Gasteiger partial charge in [0.15, 0.2) is 0 Å². The van der Waals surface area contributed by atoms with Crippen LogP contribution in [0.1, 0.15) is 58.3 Å². The molecule has 3 heteroatoms. The highest BCUT2D eigenvalue weighted by Gasteiger charge is 2.26. The first kappa shape index (κ1) is 13.9. The van der Waals surface area contributed by atoms with Crippen molar-refractivity contribution >= 4 is 5.97 Å². The third kappa shape index (κ3) is 3.98. The lowest BCUT2D eigenvalue weighted by Gasteiger charge is -2.31. The quantitative estimate of drug-likeness (QED) is 0.809. The summed E-state index contributed by atoms with van der Waals surface area (Å²) >= 11 is 0. The highest BCUT2D eigenvalue weighted by molar-refractivity contribution is 5.69. The number of carbonyl (C=O) groups is 1. The van der Waals surface area contributed by atoms with E-state index >= 15 is 0 Å². The molecular formula is C15H27NO2. The Bertz CT molecular complexity index is 264. The second kappa shape index (κ2) is 6.55. The number of nitrogens with one attached hydrogen (secondary N) is 1. The van der Waals surface area contributed by atoms with E-state index in [2.05, 4.69) is 12.2 Å². The minimum atomic E-state index is -0.595. The van der Waals surface area contributed by atoms with Crippen molar-refractivity contribution in [3.8, 4) is 0 Å². The van der Waals surface area contributed by atoms with Crippen molar-refractivity contribution in [2.75, 3.05) is 6.54 Å². The fraction of sp³-hybridized carbons (Fsp3) is 0.933. The molecule has 18 heavy (non-hydrogen) atoms. The Labute approximate surface area is 110 Å². The molecule has 0 aromatic rings. The van der Waals surface area contributed by atoms with Crippen LogP contribution in [0.5, 0.6) is 0 Å². The van der Waals surface area contributed by atoms with Crippen LogP contribution >= 0.6 is 0 Å². The molecule has 0 spiro atoms. The van der Waals surface area contributed by atoms with Gasteiger partial charge >= 0.3 is 5.97 Å². The maximum Gasteiger partial charge on any atom is 0.306 e. The van der Waals surface area contributed by atoms with Crippen molar-refractivity contribution in [2.45, 2.75) is 64.3 Å². The van der Waals surface area contributed by atoms with Crippen LogP contribution in [0.2, 0.25) is 0 Å². The van der Waals surface area contributed by atoms with Crippen molar-refractivity contribution in [1.29, 1.82) is 0 Å². The lowest BCUT2D eigenvalue weighted by atomic mass is 9.81. The molecule has 0 atom stereocenters. The number of aliphatic carboxylic acids is 1. The molecule has 0 aromatic heterocycles. The Morgan fingerprint density at radius 3 is 2.22 bits per heavy atom. The van der Waals surface area contributed by atoms with Gasteiger partial charge in [-0.05, 0) is 69.7 Å². The topological polar surface area (TPSA) is 49.3 Å². The van der Waals surface area contributed by atoms with E-state index in [0.717, 1.165) is 44.2 Å². The Kier molecular flexibility index (Phi) is 5.04. The van der Waals surface area contributed by atoms with Crippen molar-refractivity contribution in [3.05, 3.63) is 0 Å². The monoisotopic (exact) mass is 253 g/mol. The van der Waals surface area contributed by atoms with Crippen molar-refractivity contribution in [1.82, 2.24) is 5.32 Å². The molecule has 0 amide bonds. The van der Waals surface area contributed by atoms with E-state index in [1.54, 1.807) is 0 Å². The summed E-state index contributed by atoms with van der Waals surface area (Å²) in [6, 6.07) is 0.721. The normalized spacial score (nSPS) is 37.4. The average molecular weight is 253 g/mol. The summed E-state index contributed by atoms with van der Waals surface area (Å²) in [5.74, 6) is 0.952. The zero-order valence-corrected chi connectivity index (χ0v) is 11.5. The summed E-state index contributed by atoms with van der Waals surface area (Å²) in [6.45, 7) is 3.45. The van der Waals surface area contributed by atoms with Crippen LogP contribution in [0.25, 0.3) is 0 Å². The van der Waals surface area contributed by atoms with Crippen molar-refractivity contribution in [3.63, 3.8) is 0 Å². The summed E-state index contributed by atoms with van der Waals surface area (Å²) in [7, 11) is 0. The highest BCUT2D eigenvalue weighted by atomic mass is 16.4. The predicted molar refractivity (Wildman–Crippen MR) is 72.5 cm³/mol. The number of carboxylic acids is 1. The molecule has 0 aromatic carbocycles. The second-order valence-corrected chi connectivity index (χ2v) is 6.42. The van der Waals surface area contributed by atoms with Crippen LogP contribution in [0.15, 0.2) is 0 Å². The van der Waals surface area contributed by atoms with E-state index in [1.165, 1.54) is 25.7 Å². The standard InChI is InChI=1S/C15H27NO2/c1-11-2-8-14(9-3-11)16-10-12-4-6-13(7-5-12)15(17)18/h11-14,16H,2-10H2,1H3,(H,17,18). The average Bonchev–Trinajstić information content (AvgIpc) is 2.38. The first-order valence-electron chi connectivity index (χ1n) is 7.61. The SMILES string of the molecule is CC1CCC(NCC2CCC(C(=O)O)CC2)CC1. The summed E-state index contributed by atoms with van der Waals surface area (Å²) < 4.78 is 0. The van der Waals surface area contributed by atoms with Crippen LogP contribution in [0, 0.1) is 17.8 Å². The maximum atomic E-state index is 10.9. The first-order chi connectivity index (χ1) is 8.65. The smallest absolute Gasteiger partial charge is 0.306 e. The molecule has 2 fully saturated rings. The number of carboxylic acid groups (broad SMARTS) is 1. The number of rotatable bonds is 4. The Hall–Kier alpha value is -0.570. The van der Waals surface area contributed by atoms with Crippen LogP contribution in [0.3, 0.4) is 0 Å². The zero-order valence-electron chi connectivity index (χ0n) is 11.5. The highest BCUT2D eigenvalue weighted by Crippen LogP contribution is 2.29. The number of hydrogen-bond donors (Lipinski definition) is 2. The van der Waals surface area contributed by atoms with Crippen LogP contribution < -0.4 is 5.32 Å². The fourth-order valence-corrected chi connectivity index (χ4v) is 3.41. The van der Waals surface area contributed by atoms with Crippen molar-refractivity contribution in [2.24, 2.45) is 17.8 Å².